The lowest BCUT2D eigenvalue weighted by atomic mass is 10.1. The molecular weight excluding hydrogens is 427 g/mol. The molecule has 0 amide bonds. The van der Waals surface area contributed by atoms with Gasteiger partial charge in [0, 0.05) is 30.3 Å². The van der Waals surface area contributed by atoms with Gasteiger partial charge in [-0.15, -0.1) is 0 Å². The van der Waals surface area contributed by atoms with Crippen molar-refractivity contribution in [2.45, 2.75) is 39.6 Å². The molecule has 3 aromatic carbocycles. The molecule has 5 rings (SSSR count). The Morgan fingerprint density at radius 3 is 2.67 bits per heavy atom. The zero-order valence-corrected chi connectivity index (χ0v) is 18.5. The highest BCUT2D eigenvalue weighted by molar-refractivity contribution is 5.79. The SMILES string of the molecule is Cc1c(CNc2ccc3c(c2)OC(C)[CH]3)cccc1-n1c(C)nc2ccc(C(F)(F)F)cc21. The highest BCUT2D eigenvalue weighted by atomic mass is 19.4. The van der Waals surface area contributed by atoms with E-state index >= 15 is 0 Å². The molecule has 33 heavy (non-hydrogen) atoms. The van der Waals surface area contributed by atoms with Crippen LogP contribution in [-0.2, 0) is 12.7 Å². The molecule has 1 N–H and O–H groups in total. The topological polar surface area (TPSA) is 39.1 Å². The maximum absolute atomic E-state index is 13.3. The number of aryl methyl sites for hydroxylation is 1. The second-order valence-corrected chi connectivity index (χ2v) is 8.35. The zero-order chi connectivity index (χ0) is 23.3. The molecule has 0 bridgehead atoms. The minimum Gasteiger partial charge on any atom is -0.490 e. The van der Waals surface area contributed by atoms with Crippen LogP contribution in [0, 0.1) is 20.3 Å². The molecule has 0 fully saturated rings. The minimum atomic E-state index is -4.41. The molecule has 1 atom stereocenters. The number of alkyl halides is 3. The fraction of sp³-hybridized carbons (Fsp3) is 0.231. The van der Waals surface area contributed by atoms with Gasteiger partial charge >= 0.3 is 6.18 Å². The third kappa shape index (κ3) is 3.92. The van der Waals surface area contributed by atoms with Gasteiger partial charge in [0.15, 0.2) is 0 Å². The van der Waals surface area contributed by atoms with Crippen LogP contribution in [0.25, 0.3) is 16.7 Å². The standard InChI is InChI=1S/C26H23F3N3O/c1-15-11-18-7-9-21(13-25(18)33-15)30-14-19-5-4-6-23(16(19)2)32-17(3)31-22-10-8-20(12-24(22)32)26(27,28)29/h4-13,15,30H,14H2,1-3H3. The number of hydrogen-bond donors (Lipinski definition) is 1. The van der Waals surface area contributed by atoms with E-state index in [9.17, 15) is 13.2 Å². The molecule has 0 saturated carbocycles. The van der Waals surface area contributed by atoms with E-state index in [-0.39, 0.29) is 6.10 Å². The van der Waals surface area contributed by atoms with Crippen LogP contribution in [-0.4, -0.2) is 15.7 Å². The summed E-state index contributed by atoms with van der Waals surface area (Å²) in [6.45, 7) is 6.35. The fourth-order valence-electron chi connectivity index (χ4n) is 4.35. The maximum Gasteiger partial charge on any atom is 0.416 e. The number of hydrogen-bond acceptors (Lipinski definition) is 3. The van der Waals surface area contributed by atoms with Gasteiger partial charge in [-0.3, -0.25) is 4.57 Å². The highest BCUT2D eigenvalue weighted by Crippen LogP contribution is 2.34. The van der Waals surface area contributed by atoms with E-state index in [0.717, 1.165) is 39.9 Å². The molecule has 1 radical (unpaired) electrons. The number of nitrogens with zero attached hydrogens (tertiary/aromatic N) is 2. The highest BCUT2D eigenvalue weighted by Gasteiger charge is 2.31. The van der Waals surface area contributed by atoms with E-state index < -0.39 is 11.7 Å². The lowest BCUT2D eigenvalue weighted by Crippen LogP contribution is -2.07. The molecule has 1 unspecified atom stereocenters. The van der Waals surface area contributed by atoms with Gasteiger partial charge in [0.05, 0.1) is 22.3 Å². The Labute approximate surface area is 190 Å². The van der Waals surface area contributed by atoms with E-state index in [1.54, 1.807) is 11.5 Å². The molecule has 4 aromatic rings. The van der Waals surface area contributed by atoms with Gasteiger partial charge < -0.3 is 10.1 Å². The Bertz CT molecular complexity index is 1360. The largest absolute Gasteiger partial charge is 0.490 e. The average Bonchev–Trinajstić information content (AvgIpc) is 3.29. The Morgan fingerprint density at radius 1 is 1.06 bits per heavy atom. The monoisotopic (exact) mass is 450 g/mol. The van der Waals surface area contributed by atoms with Crippen molar-refractivity contribution in [3.05, 3.63) is 89.1 Å². The van der Waals surface area contributed by atoms with E-state index in [4.69, 9.17) is 4.74 Å². The van der Waals surface area contributed by atoms with Crippen LogP contribution in [0.3, 0.4) is 0 Å². The quantitative estimate of drug-likeness (QED) is 0.380. The Balaban J connectivity index is 1.47. The number of imidazole rings is 1. The molecule has 1 aromatic heterocycles. The third-order valence-electron chi connectivity index (χ3n) is 6.03. The molecule has 0 saturated heterocycles. The zero-order valence-electron chi connectivity index (χ0n) is 18.5. The molecule has 0 spiro atoms. The molecular formula is C26H23F3N3O. The predicted molar refractivity (Wildman–Crippen MR) is 123 cm³/mol. The van der Waals surface area contributed by atoms with Crippen LogP contribution >= 0.6 is 0 Å². The first-order valence-electron chi connectivity index (χ1n) is 10.8. The first-order valence-corrected chi connectivity index (χ1v) is 10.8. The maximum atomic E-state index is 13.3. The van der Waals surface area contributed by atoms with E-state index in [1.807, 2.05) is 50.2 Å². The van der Waals surface area contributed by atoms with Crippen molar-refractivity contribution in [2.75, 3.05) is 5.32 Å². The molecule has 0 aliphatic carbocycles. The molecule has 169 valence electrons. The molecule has 4 nitrogen and oxygen atoms in total. The van der Waals surface area contributed by atoms with Crippen molar-refractivity contribution < 1.29 is 17.9 Å². The van der Waals surface area contributed by atoms with E-state index in [2.05, 4.69) is 16.7 Å². The number of benzene rings is 3. The summed E-state index contributed by atoms with van der Waals surface area (Å²) < 4.78 is 47.5. The summed E-state index contributed by atoms with van der Waals surface area (Å²) in [5.74, 6) is 1.50. The normalized spacial score (nSPS) is 15.5. The molecule has 1 aliphatic rings. The lowest BCUT2D eigenvalue weighted by molar-refractivity contribution is -0.137. The number of anilines is 1. The number of aromatic nitrogens is 2. The Hall–Kier alpha value is -3.48. The van der Waals surface area contributed by atoms with Crippen molar-refractivity contribution in [2.24, 2.45) is 0 Å². The van der Waals surface area contributed by atoms with Crippen LogP contribution in [0.4, 0.5) is 18.9 Å². The summed E-state index contributed by atoms with van der Waals surface area (Å²) >= 11 is 0. The smallest absolute Gasteiger partial charge is 0.416 e. The minimum absolute atomic E-state index is 0.0697. The summed E-state index contributed by atoms with van der Waals surface area (Å²) in [6.07, 6.45) is -2.26. The van der Waals surface area contributed by atoms with Crippen molar-refractivity contribution in [3.8, 4) is 11.4 Å². The summed E-state index contributed by atoms with van der Waals surface area (Å²) in [4.78, 5) is 4.48. The van der Waals surface area contributed by atoms with Crippen molar-refractivity contribution >= 4 is 16.7 Å². The number of fused-ring (bicyclic) bond motifs is 2. The lowest BCUT2D eigenvalue weighted by Gasteiger charge is -2.16. The second kappa shape index (κ2) is 7.83. The van der Waals surface area contributed by atoms with Crippen LogP contribution in [0.1, 0.15) is 35.0 Å². The van der Waals surface area contributed by atoms with Gasteiger partial charge in [-0.05, 0) is 62.2 Å². The molecule has 7 heteroatoms. The number of ether oxygens (including phenoxy) is 1. The summed E-state index contributed by atoms with van der Waals surface area (Å²) in [7, 11) is 0. The second-order valence-electron chi connectivity index (χ2n) is 8.35. The fourth-order valence-corrected chi connectivity index (χ4v) is 4.35. The molecule has 1 aliphatic heterocycles. The van der Waals surface area contributed by atoms with Gasteiger partial charge in [0.25, 0.3) is 0 Å². The van der Waals surface area contributed by atoms with E-state index in [0.29, 0.717) is 23.4 Å². The summed E-state index contributed by atoms with van der Waals surface area (Å²) in [5.41, 5.74) is 5.16. The van der Waals surface area contributed by atoms with E-state index in [1.165, 1.54) is 12.1 Å². The number of nitrogens with one attached hydrogen (secondary N) is 1. The summed E-state index contributed by atoms with van der Waals surface area (Å²) in [6, 6.07) is 15.5. The first-order chi connectivity index (χ1) is 15.7. The van der Waals surface area contributed by atoms with Gasteiger partial charge in [-0.25, -0.2) is 4.98 Å². The third-order valence-corrected chi connectivity index (χ3v) is 6.03. The van der Waals surface area contributed by atoms with Gasteiger partial charge in [-0.2, -0.15) is 13.2 Å². The van der Waals surface area contributed by atoms with Crippen LogP contribution in [0.15, 0.2) is 54.6 Å². The van der Waals surface area contributed by atoms with Gasteiger partial charge in [-0.1, -0.05) is 18.2 Å². The van der Waals surface area contributed by atoms with Crippen molar-refractivity contribution in [1.82, 2.24) is 9.55 Å². The van der Waals surface area contributed by atoms with Gasteiger partial charge in [0.2, 0.25) is 0 Å². The van der Waals surface area contributed by atoms with Crippen LogP contribution in [0.2, 0.25) is 0 Å². The predicted octanol–water partition coefficient (Wildman–Crippen LogP) is 6.61. The number of halogens is 3. The van der Waals surface area contributed by atoms with Crippen LogP contribution in [0.5, 0.6) is 5.75 Å². The Morgan fingerprint density at radius 2 is 1.88 bits per heavy atom. The Kier molecular flexibility index (Phi) is 5.07. The van der Waals surface area contributed by atoms with Crippen molar-refractivity contribution in [1.29, 1.82) is 0 Å². The van der Waals surface area contributed by atoms with Gasteiger partial charge in [0.1, 0.15) is 17.7 Å². The number of rotatable bonds is 4. The van der Waals surface area contributed by atoms with Crippen LogP contribution < -0.4 is 10.1 Å². The average molecular weight is 450 g/mol. The first kappa shape index (κ1) is 21.4. The molecule has 2 heterocycles. The van der Waals surface area contributed by atoms with Crippen molar-refractivity contribution in [3.63, 3.8) is 0 Å². The summed E-state index contributed by atoms with van der Waals surface area (Å²) in [5, 5.41) is 3.43.